The number of rotatable bonds is 4. The summed E-state index contributed by atoms with van der Waals surface area (Å²) < 4.78 is 5.98. The van der Waals surface area contributed by atoms with Crippen molar-refractivity contribution >= 4 is 5.91 Å². The van der Waals surface area contributed by atoms with Crippen LogP contribution in [0.15, 0.2) is 48.5 Å². The highest BCUT2D eigenvalue weighted by Gasteiger charge is 2.55. The number of nitriles is 1. The molecular formula is C21H22N2O4. The molecule has 3 rings (SSSR count). The summed E-state index contributed by atoms with van der Waals surface area (Å²) in [5.41, 5.74) is -0.899. The van der Waals surface area contributed by atoms with Crippen molar-refractivity contribution in [1.82, 2.24) is 5.06 Å². The van der Waals surface area contributed by atoms with Gasteiger partial charge in [-0.25, -0.2) is 0 Å². The lowest BCUT2D eigenvalue weighted by Crippen LogP contribution is -2.68. The van der Waals surface area contributed by atoms with Crippen molar-refractivity contribution in [2.75, 3.05) is 0 Å². The van der Waals surface area contributed by atoms with Gasteiger partial charge in [0.2, 0.25) is 11.6 Å². The van der Waals surface area contributed by atoms with Crippen LogP contribution >= 0.6 is 0 Å². The molecule has 1 aliphatic rings. The first-order chi connectivity index (χ1) is 12.8. The SMILES string of the molecule is CC(=O)N(OCc1ccccc1)C1(O)Cc2cc(C#N)ccc2OC1(C)C. The predicted octanol–water partition coefficient (Wildman–Crippen LogP) is 2.94. The molecule has 1 amide bonds. The first kappa shape index (κ1) is 18.9. The molecular weight excluding hydrogens is 344 g/mol. The van der Waals surface area contributed by atoms with E-state index >= 15 is 0 Å². The number of benzene rings is 2. The van der Waals surface area contributed by atoms with Crippen molar-refractivity contribution in [3.05, 3.63) is 65.2 Å². The fourth-order valence-electron chi connectivity index (χ4n) is 3.21. The number of aliphatic hydroxyl groups is 1. The normalized spacial score (nSPS) is 20.1. The molecule has 1 unspecified atom stereocenters. The Morgan fingerprint density at radius 1 is 1.30 bits per heavy atom. The average Bonchev–Trinajstić information content (AvgIpc) is 2.63. The smallest absolute Gasteiger partial charge is 0.245 e. The zero-order chi connectivity index (χ0) is 19.7. The van der Waals surface area contributed by atoms with Gasteiger partial charge in [-0.2, -0.15) is 10.3 Å². The molecule has 1 atom stereocenters. The first-order valence-electron chi connectivity index (χ1n) is 8.69. The highest BCUT2D eigenvalue weighted by Crippen LogP contribution is 2.42. The highest BCUT2D eigenvalue weighted by atomic mass is 16.7. The lowest BCUT2D eigenvalue weighted by atomic mass is 9.84. The van der Waals surface area contributed by atoms with Crippen molar-refractivity contribution in [3.63, 3.8) is 0 Å². The van der Waals surface area contributed by atoms with E-state index in [0.717, 1.165) is 10.6 Å². The molecule has 0 aliphatic carbocycles. The van der Waals surface area contributed by atoms with Crippen molar-refractivity contribution in [3.8, 4) is 11.8 Å². The minimum atomic E-state index is -1.74. The molecule has 6 heteroatoms. The topological polar surface area (TPSA) is 82.8 Å². The largest absolute Gasteiger partial charge is 0.482 e. The summed E-state index contributed by atoms with van der Waals surface area (Å²) in [6, 6.07) is 16.5. The van der Waals surface area contributed by atoms with Gasteiger partial charge in [0.15, 0.2) is 5.60 Å². The Morgan fingerprint density at radius 3 is 2.63 bits per heavy atom. The molecule has 0 saturated carbocycles. The summed E-state index contributed by atoms with van der Waals surface area (Å²) in [6.45, 7) is 4.87. The number of nitrogens with zero attached hydrogens (tertiary/aromatic N) is 2. The lowest BCUT2D eigenvalue weighted by Gasteiger charge is -2.50. The van der Waals surface area contributed by atoms with Crippen molar-refractivity contribution in [2.24, 2.45) is 0 Å². The Morgan fingerprint density at radius 2 is 2.00 bits per heavy atom. The van der Waals surface area contributed by atoms with Gasteiger partial charge in [0.25, 0.3) is 0 Å². The van der Waals surface area contributed by atoms with Crippen molar-refractivity contribution < 1.29 is 19.5 Å². The van der Waals surface area contributed by atoms with E-state index in [0.29, 0.717) is 16.9 Å². The van der Waals surface area contributed by atoms with Crippen LogP contribution in [-0.2, 0) is 22.7 Å². The van der Waals surface area contributed by atoms with Gasteiger partial charge in [0, 0.05) is 18.9 Å². The van der Waals surface area contributed by atoms with Crippen LogP contribution in [0.5, 0.6) is 5.75 Å². The number of hydrogen-bond acceptors (Lipinski definition) is 5. The molecule has 6 nitrogen and oxygen atoms in total. The summed E-state index contributed by atoms with van der Waals surface area (Å²) in [5.74, 6) is 0.139. The van der Waals surface area contributed by atoms with Gasteiger partial charge < -0.3 is 9.84 Å². The molecule has 0 aromatic heterocycles. The number of carbonyl (C=O) groups excluding carboxylic acids is 1. The zero-order valence-electron chi connectivity index (χ0n) is 15.6. The van der Waals surface area contributed by atoms with Crippen LogP contribution in [0, 0.1) is 11.3 Å². The second kappa shape index (κ2) is 7.03. The van der Waals surface area contributed by atoms with Gasteiger partial charge in [0.1, 0.15) is 12.4 Å². The molecule has 0 radical (unpaired) electrons. The highest BCUT2D eigenvalue weighted by molar-refractivity contribution is 5.73. The zero-order valence-corrected chi connectivity index (χ0v) is 15.6. The van der Waals surface area contributed by atoms with Crippen LogP contribution in [0.25, 0.3) is 0 Å². The average molecular weight is 366 g/mol. The number of hydrogen-bond donors (Lipinski definition) is 1. The van der Waals surface area contributed by atoms with Crippen LogP contribution in [0.2, 0.25) is 0 Å². The van der Waals surface area contributed by atoms with Gasteiger partial charge in [-0.3, -0.25) is 9.63 Å². The Balaban J connectivity index is 1.94. The Hall–Kier alpha value is -2.88. The van der Waals surface area contributed by atoms with E-state index < -0.39 is 17.2 Å². The molecule has 27 heavy (non-hydrogen) atoms. The Bertz CT molecular complexity index is 889. The fourth-order valence-corrected chi connectivity index (χ4v) is 3.21. The summed E-state index contributed by atoms with van der Waals surface area (Å²) in [7, 11) is 0. The molecule has 0 saturated heterocycles. The minimum Gasteiger partial charge on any atom is -0.482 e. The van der Waals surface area contributed by atoms with Gasteiger partial charge in [0.05, 0.1) is 11.6 Å². The van der Waals surface area contributed by atoms with Crippen LogP contribution in [0.4, 0.5) is 0 Å². The quantitative estimate of drug-likeness (QED) is 0.664. The molecule has 0 spiro atoms. The number of ether oxygens (including phenoxy) is 1. The number of amides is 1. The number of hydroxylamine groups is 2. The molecule has 0 fully saturated rings. The summed E-state index contributed by atoms with van der Waals surface area (Å²) >= 11 is 0. The third-order valence-corrected chi connectivity index (χ3v) is 4.78. The number of fused-ring (bicyclic) bond motifs is 1. The van der Waals surface area contributed by atoms with Gasteiger partial charge in [-0.1, -0.05) is 30.3 Å². The van der Waals surface area contributed by atoms with E-state index in [4.69, 9.17) is 14.8 Å². The van der Waals surface area contributed by atoms with Crippen LogP contribution in [-0.4, -0.2) is 27.4 Å². The van der Waals surface area contributed by atoms with E-state index in [2.05, 4.69) is 6.07 Å². The third kappa shape index (κ3) is 3.52. The molecule has 1 N–H and O–H groups in total. The maximum absolute atomic E-state index is 12.3. The Labute approximate surface area is 158 Å². The Kier molecular flexibility index (Phi) is 4.92. The van der Waals surface area contributed by atoms with Gasteiger partial charge in [-0.05, 0) is 37.6 Å². The van der Waals surface area contributed by atoms with Crippen LogP contribution < -0.4 is 4.74 Å². The van der Waals surface area contributed by atoms with Gasteiger partial charge >= 0.3 is 0 Å². The maximum atomic E-state index is 12.3. The molecule has 1 aliphatic heterocycles. The van der Waals surface area contributed by atoms with Gasteiger partial charge in [-0.15, -0.1) is 0 Å². The van der Waals surface area contributed by atoms with Crippen LogP contribution in [0.3, 0.4) is 0 Å². The molecule has 2 aromatic rings. The summed E-state index contributed by atoms with van der Waals surface area (Å²) in [5, 5.41) is 21.6. The van der Waals surface area contributed by atoms with E-state index in [1.807, 2.05) is 30.3 Å². The van der Waals surface area contributed by atoms with E-state index in [1.54, 1.807) is 32.0 Å². The standard InChI is InChI=1S/C21H22N2O4/c1-15(24)23(26-14-16-7-5-4-6-8-16)21(25)12-18-11-17(13-22)9-10-19(18)27-20(21,2)3/h4-11,25H,12,14H2,1-3H3. The second-order valence-corrected chi connectivity index (χ2v) is 7.11. The molecule has 1 heterocycles. The number of carbonyl (C=O) groups is 1. The maximum Gasteiger partial charge on any atom is 0.245 e. The van der Waals surface area contributed by atoms with Crippen molar-refractivity contribution in [2.45, 2.75) is 45.1 Å². The summed E-state index contributed by atoms with van der Waals surface area (Å²) in [4.78, 5) is 18.1. The lowest BCUT2D eigenvalue weighted by molar-refractivity contribution is -0.326. The first-order valence-corrected chi connectivity index (χ1v) is 8.69. The molecule has 0 bridgehead atoms. The predicted molar refractivity (Wildman–Crippen MR) is 98.3 cm³/mol. The fraction of sp³-hybridized carbons (Fsp3) is 0.333. The molecule has 2 aromatic carbocycles. The third-order valence-electron chi connectivity index (χ3n) is 4.78. The summed E-state index contributed by atoms with van der Waals surface area (Å²) in [6.07, 6.45) is 0.0826. The van der Waals surface area contributed by atoms with E-state index in [9.17, 15) is 9.90 Å². The molecule has 140 valence electrons. The minimum absolute atomic E-state index is 0.0826. The van der Waals surface area contributed by atoms with E-state index in [-0.39, 0.29) is 13.0 Å². The van der Waals surface area contributed by atoms with E-state index in [1.165, 1.54) is 6.92 Å². The van der Waals surface area contributed by atoms with Crippen LogP contribution in [0.1, 0.15) is 37.5 Å². The second-order valence-electron chi connectivity index (χ2n) is 7.11. The van der Waals surface area contributed by atoms with Crippen molar-refractivity contribution in [1.29, 1.82) is 5.26 Å². The monoisotopic (exact) mass is 366 g/mol.